The van der Waals surface area contributed by atoms with Crippen molar-refractivity contribution in [3.05, 3.63) is 63.8 Å². The predicted molar refractivity (Wildman–Crippen MR) is 85.7 cm³/mol. The van der Waals surface area contributed by atoms with Crippen molar-refractivity contribution in [2.45, 2.75) is 25.9 Å². The number of nitrogens with zero attached hydrogens (tertiary/aromatic N) is 3. The molecule has 0 aromatic carbocycles. The number of rotatable bonds is 5. The minimum atomic E-state index is -1.08. The van der Waals surface area contributed by atoms with E-state index in [0.29, 0.717) is 13.0 Å². The zero-order valence-corrected chi connectivity index (χ0v) is 13.0. The van der Waals surface area contributed by atoms with Crippen molar-refractivity contribution in [3.8, 4) is 0 Å². The van der Waals surface area contributed by atoms with E-state index in [1.54, 1.807) is 11.1 Å². The Bertz CT molecular complexity index is 826. The summed E-state index contributed by atoms with van der Waals surface area (Å²) >= 11 is 0. The SMILES string of the molecule is O=C(O)c1ccc(=O)n(Cc2ccc(CN3CCCC3=O)nc2)c1. The van der Waals surface area contributed by atoms with Crippen LogP contribution in [0.5, 0.6) is 0 Å². The summed E-state index contributed by atoms with van der Waals surface area (Å²) in [4.78, 5) is 40.6. The van der Waals surface area contributed by atoms with Crippen molar-refractivity contribution >= 4 is 11.9 Å². The molecule has 1 N–H and O–H groups in total. The highest BCUT2D eigenvalue weighted by molar-refractivity contribution is 5.87. The van der Waals surface area contributed by atoms with Gasteiger partial charge >= 0.3 is 5.97 Å². The molecule has 0 saturated carbocycles. The third-order valence-electron chi connectivity index (χ3n) is 3.99. The van der Waals surface area contributed by atoms with Crippen LogP contribution in [-0.4, -0.2) is 38.0 Å². The summed E-state index contributed by atoms with van der Waals surface area (Å²) in [5, 5.41) is 9.00. The van der Waals surface area contributed by atoms with E-state index in [1.807, 2.05) is 12.1 Å². The number of pyridine rings is 2. The predicted octanol–water partition coefficient (Wildman–Crippen LogP) is 1.11. The average molecular weight is 327 g/mol. The molecule has 1 aliphatic rings. The van der Waals surface area contributed by atoms with Crippen molar-refractivity contribution in [1.29, 1.82) is 0 Å². The van der Waals surface area contributed by atoms with Gasteiger partial charge in [-0.3, -0.25) is 14.6 Å². The molecule has 1 amide bonds. The van der Waals surface area contributed by atoms with Gasteiger partial charge in [-0.1, -0.05) is 6.07 Å². The summed E-state index contributed by atoms with van der Waals surface area (Å²) in [6, 6.07) is 6.19. The van der Waals surface area contributed by atoms with Gasteiger partial charge in [-0.05, 0) is 24.1 Å². The number of hydrogen-bond donors (Lipinski definition) is 1. The minimum absolute atomic E-state index is 0.0618. The number of hydrogen-bond acceptors (Lipinski definition) is 4. The zero-order valence-electron chi connectivity index (χ0n) is 13.0. The van der Waals surface area contributed by atoms with E-state index in [1.165, 1.54) is 22.9 Å². The third-order valence-corrected chi connectivity index (χ3v) is 3.99. The number of carboxylic acids is 1. The summed E-state index contributed by atoms with van der Waals surface area (Å²) in [6.45, 7) is 1.50. The van der Waals surface area contributed by atoms with Gasteiger partial charge in [0.1, 0.15) is 0 Å². The first-order valence-electron chi connectivity index (χ1n) is 7.68. The molecule has 0 atom stereocenters. The maximum atomic E-state index is 11.8. The minimum Gasteiger partial charge on any atom is -0.478 e. The summed E-state index contributed by atoms with van der Waals surface area (Å²) in [5.74, 6) is -0.926. The van der Waals surface area contributed by atoms with Crippen LogP contribution >= 0.6 is 0 Å². The number of amides is 1. The van der Waals surface area contributed by atoms with Gasteiger partial charge < -0.3 is 14.6 Å². The molecule has 7 nitrogen and oxygen atoms in total. The van der Waals surface area contributed by atoms with Crippen LogP contribution in [0.25, 0.3) is 0 Å². The lowest BCUT2D eigenvalue weighted by atomic mass is 10.2. The fraction of sp³-hybridized carbons (Fsp3) is 0.294. The van der Waals surface area contributed by atoms with Crippen molar-refractivity contribution in [2.75, 3.05) is 6.54 Å². The van der Waals surface area contributed by atoms with E-state index < -0.39 is 5.97 Å². The van der Waals surface area contributed by atoms with Crippen LogP contribution in [0.4, 0.5) is 0 Å². The first-order valence-corrected chi connectivity index (χ1v) is 7.68. The van der Waals surface area contributed by atoms with Crippen molar-refractivity contribution < 1.29 is 14.7 Å². The summed E-state index contributed by atoms with van der Waals surface area (Å²) < 4.78 is 1.34. The van der Waals surface area contributed by atoms with Gasteiger partial charge in [-0.15, -0.1) is 0 Å². The van der Waals surface area contributed by atoms with Gasteiger partial charge in [0.2, 0.25) is 5.91 Å². The smallest absolute Gasteiger partial charge is 0.337 e. The Labute approximate surface area is 138 Å². The molecule has 3 rings (SSSR count). The summed E-state index contributed by atoms with van der Waals surface area (Å²) in [6.07, 6.45) is 4.46. The number of carbonyl (C=O) groups excluding carboxylic acids is 1. The standard InChI is InChI=1S/C17H17N3O4/c21-15-2-1-7-19(15)11-14-5-3-12(8-18-14)9-20-10-13(17(23)24)4-6-16(20)22/h3-6,8,10H,1-2,7,9,11H2,(H,23,24). The van der Waals surface area contributed by atoms with Crippen LogP contribution in [-0.2, 0) is 17.9 Å². The summed E-state index contributed by atoms with van der Waals surface area (Å²) in [5.41, 5.74) is 1.37. The highest BCUT2D eigenvalue weighted by atomic mass is 16.4. The van der Waals surface area contributed by atoms with Crippen LogP contribution in [0.15, 0.2) is 41.5 Å². The van der Waals surface area contributed by atoms with E-state index in [0.717, 1.165) is 24.2 Å². The Morgan fingerprint density at radius 2 is 2.00 bits per heavy atom. The molecule has 0 spiro atoms. The van der Waals surface area contributed by atoms with E-state index in [9.17, 15) is 14.4 Å². The molecule has 1 aliphatic heterocycles. The molecule has 0 unspecified atom stereocenters. The molecule has 1 saturated heterocycles. The van der Waals surface area contributed by atoms with E-state index in [4.69, 9.17) is 5.11 Å². The number of aromatic carboxylic acids is 1. The number of carbonyl (C=O) groups is 2. The summed E-state index contributed by atoms with van der Waals surface area (Å²) in [7, 11) is 0. The van der Waals surface area contributed by atoms with Crippen LogP contribution < -0.4 is 5.56 Å². The molecule has 0 radical (unpaired) electrons. The molecule has 24 heavy (non-hydrogen) atoms. The van der Waals surface area contributed by atoms with Gasteiger partial charge in [-0.2, -0.15) is 0 Å². The lowest BCUT2D eigenvalue weighted by Gasteiger charge is -2.15. The number of aromatic nitrogens is 2. The van der Waals surface area contributed by atoms with Crippen LogP contribution in [0.3, 0.4) is 0 Å². The van der Waals surface area contributed by atoms with Crippen molar-refractivity contribution in [1.82, 2.24) is 14.5 Å². The maximum Gasteiger partial charge on any atom is 0.337 e. The highest BCUT2D eigenvalue weighted by Gasteiger charge is 2.20. The number of carboxylic acid groups (broad SMARTS) is 1. The quantitative estimate of drug-likeness (QED) is 0.888. The Morgan fingerprint density at radius 3 is 2.62 bits per heavy atom. The van der Waals surface area contributed by atoms with Gasteiger partial charge in [0.15, 0.2) is 0 Å². The first-order chi connectivity index (χ1) is 11.5. The lowest BCUT2D eigenvalue weighted by Crippen LogP contribution is -2.24. The molecule has 3 heterocycles. The zero-order chi connectivity index (χ0) is 17.1. The second-order valence-electron chi connectivity index (χ2n) is 5.77. The Morgan fingerprint density at radius 1 is 1.17 bits per heavy atom. The Kier molecular flexibility index (Phi) is 4.41. The molecule has 2 aromatic heterocycles. The van der Waals surface area contributed by atoms with Gasteiger partial charge in [0.25, 0.3) is 5.56 Å². The van der Waals surface area contributed by atoms with E-state index >= 15 is 0 Å². The van der Waals surface area contributed by atoms with Gasteiger partial charge in [0.05, 0.1) is 24.3 Å². The molecular weight excluding hydrogens is 310 g/mol. The monoisotopic (exact) mass is 327 g/mol. The van der Waals surface area contributed by atoms with Crippen LogP contribution in [0, 0.1) is 0 Å². The Hall–Kier alpha value is -2.96. The third kappa shape index (κ3) is 3.51. The fourth-order valence-electron chi connectivity index (χ4n) is 2.69. The average Bonchev–Trinajstić information content (AvgIpc) is 2.96. The normalized spacial score (nSPS) is 14.2. The molecule has 7 heteroatoms. The molecule has 0 aliphatic carbocycles. The second kappa shape index (κ2) is 6.66. The van der Waals surface area contributed by atoms with Crippen molar-refractivity contribution in [3.63, 3.8) is 0 Å². The molecule has 0 bridgehead atoms. The Balaban J connectivity index is 1.72. The van der Waals surface area contributed by atoms with Crippen molar-refractivity contribution in [2.24, 2.45) is 0 Å². The molecule has 124 valence electrons. The second-order valence-corrected chi connectivity index (χ2v) is 5.77. The molecule has 1 fully saturated rings. The largest absolute Gasteiger partial charge is 0.478 e. The first kappa shape index (κ1) is 15.9. The van der Waals surface area contributed by atoms with E-state index in [-0.39, 0.29) is 23.6 Å². The fourth-order valence-corrected chi connectivity index (χ4v) is 2.69. The van der Waals surface area contributed by atoms with Gasteiger partial charge in [0, 0.05) is 31.4 Å². The molecule has 2 aromatic rings. The molecular formula is C17H17N3O4. The maximum absolute atomic E-state index is 11.8. The number of likely N-dealkylation sites (tertiary alicyclic amines) is 1. The topological polar surface area (TPSA) is 92.5 Å². The van der Waals surface area contributed by atoms with Crippen LogP contribution in [0.2, 0.25) is 0 Å². The highest BCUT2D eigenvalue weighted by Crippen LogP contribution is 2.13. The van der Waals surface area contributed by atoms with Crippen LogP contribution in [0.1, 0.15) is 34.5 Å². The van der Waals surface area contributed by atoms with Gasteiger partial charge in [-0.25, -0.2) is 4.79 Å². The van der Waals surface area contributed by atoms with E-state index in [2.05, 4.69) is 4.98 Å². The lowest BCUT2D eigenvalue weighted by molar-refractivity contribution is -0.128.